The van der Waals surface area contributed by atoms with Crippen LogP contribution in [-0.2, 0) is 9.59 Å². The number of ketones is 1. The lowest BCUT2D eigenvalue weighted by Crippen LogP contribution is -2.12. The van der Waals surface area contributed by atoms with Gasteiger partial charge in [-0.05, 0) is 19.4 Å². The van der Waals surface area contributed by atoms with E-state index in [0.717, 1.165) is 12.8 Å². The Balaban J connectivity index is 3.52. The van der Waals surface area contributed by atoms with E-state index in [0.29, 0.717) is 12.0 Å². The maximum atomic E-state index is 11.4. The summed E-state index contributed by atoms with van der Waals surface area (Å²) in [6.07, 6.45) is 10.2. The molecule has 0 aromatic rings. The highest BCUT2D eigenvalue weighted by Gasteiger charge is 2.02. The van der Waals surface area contributed by atoms with E-state index < -0.39 is 5.91 Å². The Hall–Kier alpha value is -1.12. The second-order valence-electron chi connectivity index (χ2n) is 4.53. The topological polar surface area (TPSA) is 60.2 Å². The minimum atomic E-state index is -0.516. The monoisotopic (exact) mass is 239 g/mol. The third-order valence-electron chi connectivity index (χ3n) is 2.79. The number of nitrogens with two attached hydrogens (primary N) is 1. The fourth-order valence-electron chi connectivity index (χ4n) is 1.64. The van der Waals surface area contributed by atoms with E-state index in [-0.39, 0.29) is 5.78 Å². The molecule has 0 aromatic heterocycles. The summed E-state index contributed by atoms with van der Waals surface area (Å²) in [5.41, 5.74) is 5.39. The highest BCUT2D eigenvalue weighted by atomic mass is 16.1. The average molecular weight is 239 g/mol. The van der Waals surface area contributed by atoms with Crippen molar-refractivity contribution >= 4 is 11.7 Å². The van der Waals surface area contributed by atoms with Gasteiger partial charge >= 0.3 is 0 Å². The van der Waals surface area contributed by atoms with Crippen LogP contribution in [-0.4, -0.2) is 11.7 Å². The van der Waals surface area contributed by atoms with E-state index in [4.69, 9.17) is 5.73 Å². The summed E-state index contributed by atoms with van der Waals surface area (Å²) < 4.78 is 0. The predicted octanol–water partition coefficient (Wildman–Crippen LogP) is 3.13. The first-order valence-corrected chi connectivity index (χ1v) is 6.58. The third-order valence-corrected chi connectivity index (χ3v) is 2.79. The molecule has 1 amide bonds. The van der Waals surface area contributed by atoms with Crippen LogP contribution in [0.25, 0.3) is 0 Å². The maximum Gasteiger partial charge on any atom is 0.244 e. The minimum Gasteiger partial charge on any atom is -0.366 e. The first-order valence-electron chi connectivity index (χ1n) is 6.58. The molecule has 0 heterocycles. The Morgan fingerprint density at radius 2 is 1.53 bits per heavy atom. The third kappa shape index (κ3) is 9.79. The molecule has 17 heavy (non-hydrogen) atoms. The molecule has 0 fully saturated rings. The molecule has 0 aliphatic carbocycles. The number of hydrogen-bond donors (Lipinski definition) is 1. The quantitative estimate of drug-likeness (QED) is 0.470. The number of primary amides is 1. The van der Waals surface area contributed by atoms with Crippen molar-refractivity contribution in [2.45, 2.75) is 65.2 Å². The van der Waals surface area contributed by atoms with Gasteiger partial charge in [0, 0.05) is 12.0 Å². The van der Waals surface area contributed by atoms with Gasteiger partial charge in [-0.2, -0.15) is 0 Å². The van der Waals surface area contributed by atoms with Gasteiger partial charge < -0.3 is 5.73 Å². The van der Waals surface area contributed by atoms with E-state index >= 15 is 0 Å². The van der Waals surface area contributed by atoms with Crippen molar-refractivity contribution in [1.29, 1.82) is 0 Å². The van der Waals surface area contributed by atoms with Gasteiger partial charge in [0.05, 0.1) is 0 Å². The summed E-state index contributed by atoms with van der Waals surface area (Å²) in [6.45, 7) is 3.77. The molecule has 0 bridgehead atoms. The molecule has 0 saturated heterocycles. The summed E-state index contributed by atoms with van der Waals surface area (Å²) >= 11 is 0. The predicted molar refractivity (Wildman–Crippen MR) is 70.6 cm³/mol. The molecule has 0 aliphatic rings. The van der Waals surface area contributed by atoms with Crippen molar-refractivity contribution in [3.8, 4) is 0 Å². The molecule has 0 unspecified atom stereocenters. The van der Waals surface area contributed by atoms with Crippen LogP contribution in [0.1, 0.15) is 65.2 Å². The molecule has 0 atom stereocenters. The Kier molecular flexibility index (Phi) is 9.40. The average Bonchev–Trinajstić information content (AvgIpc) is 2.27. The zero-order valence-electron chi connectivity index (χ0n) is 11.1. The summed E-state index contributed by atoms with van der Waals surface area (Å²) in [5.74, 6) is -0.507. The van der Waals surface area contributed by atoms with E-state index in [9.17, 15) is 9.59 Å². The second-order valence-corrected chi connectivity index (χ2v) is 4.53. The first-order chi connectivity index (χ1) is 8.07. The fourth-order valence-corrected chi connectivity index (χ4v) is 1.64. The zero-order chi connectivity index (χ0) is 13.1. The van der Waals surface area contributed by atoms with Gasteiger partial charge in [-0.25, -0.2) is 0 Å². The van der Waals surface area contributed by atoms with Crippen molar-refractivity contribution < 1.29 is 9.59 Å². The summed E-state index contributed by atoms with van der Waals surface area (Å²) in [6, 6.07) is 0. The summed E-state index contributed by atoms with van der Waals surface area (Å²) in [5, 5.41) is 0. The molecular formula is C14H25NO2. The van der Waals surface area contributed by atoms with Crippen LogP contribution >= 0.6 is 0 Å². The van der Waals surface area contributed by atoms with Crippen molar-refractivity contribution in [3.05, 3.63) is 11.6 Å². The van der Waals surface area contributed by atoms with Crippen LogP contribution in [0.2, 0.25) is 0 Å². The molecule has 0 spiro atoms. The molecular weight excluding hydrogens is 214 g/mol. The van der Waals surface area contributed by atoms with Crippen LogP contribution in [0.5, 0.6) is 0 Å². The van der Waals surface area contributed by atoms with Gasteiger partial charge in [-0.1, -0.05) is 45.4 Å². The zero-order valence-corrected chi connectivity index (χ0v) is 11.1. The van der Waals surface area contributed by atoms with Gasteiger partial charge in [0.15, 0.2) is 5.78 Å². The molecule has 98 valence electrons. The minimum absolute atomic E-state index is 0.00913. The largest absolute Gasteiger partial charge is 0.366 e. The van der Waals surface area contributed by atoms with Crippen LogP contribution in [0.15, 0.2) is 11.6 Å². The molecule has 3 heteroatoms. The van der Waals surface area contributed by atoms with Gasteiger partial charge in [0.2, 0.25) is 5.91 Å². The molecule has 0 rings (SSSR count). The Bertz CT molecular complexity index is 269. The lowest BCUT2D eigenvalue weighted by atomic mass is 10.1. The number of allylic oxidation sites excluding steroid dienone is 1. The van der Waals surface area contributed by atoms with Crippen LogP contribution < -0.4 is 5.73 Å². The molecule has 3 nitrogen and oxygen atoms in total. The molecule has 0 saturated carbocycles. The van der Waals surface area contributed by atoms with E-state index in [1.165, 1.54) is 38.2 Å². The van der Waals surface area contributed by atoms with Gasteiger partial charge in [0.25, 0.3) is 0 Å². The fraction of sp³-hybridized carbons (Fsp3) is 0.714. The Morgan fingerprint density at radius 3 is 2.06 bits per heavy atom. The number of amides is 1. The van der Waals surface area contributed by atoms with Crippen molar-refractivity contribution in [1.82, 2.24) is 0 Å². The normalized spacial score (nSPS) is 11.5. The lowest BCUT2D eigenvalue weighted by molar-refractivity contribution is -0.117. The van der Waals surface area contributed by atoms with Gasteiger partial charge in [0.1, 0.15) is 0 Å². The first kappa shape index (κ1) is 15.9. The number of unbranched alkanes of at least 4 members (excludes halogenated alkanes) is 6. The summed E-state index contributed by atoms with van der Waals surface area (Å²) in [4.78, 5) is 22.1. The molecule has 0 aromatic carbocycles. The standard InChI is InChI=1S/C14H25NO2/c1-3-4-5-6-7-8-9-10-13(16)11-12(2)14(15)17/h11H,3-10H2,1-2H3,(H2,15,17). The molecule has 2 N–H and O–H groups in total. The smallest absolute Gasteiger partial charge is 0.244 e. The van der Waals surface area contributed by atoms with E-state index in [1.54, 1.807) is 6.92 Å². The SMILES string of the molecule is CCCCCCCCCC(=O)C=C(C)C(N)=O. The van der Waals surface area contributed by atoms with E-state index in [1.807, 2.05) is 0 Å². The van der Waals surface area contributed by atoms with Crippen LogP contribution in [0, 0.1) is 0 Å². The second kappa shape index (κ2) is 10.1. The number of carbonyl (C=O) groups is 2. The van der Waals surface area contributed by atoms with E-state index in [2.05, 4.69) is 6.92 Å². The van der Waals surface area contributed by atoms with Crippen molar-refractivity contribution in [3.63, 3.8) is 0 Å². The highest BCUT2D eigenvalue weighted by molar-refractivity contribution is 6.00. The Labute approximate surface area is 104 Å². The number of carbonyl (C=O) groups excluding carboxylic acids is 2. The van der Waals surface area contributed by atoms with Crippen molar-refractivity contribution in [2.24, 2.45) is 5.73 Å². The molecule has 0 radical (unpaired) electrons. The summed E-state index contributed by atoms with van der Waals surface area (Å²) in [7, 11) is 0. The van der Waals surface area contributed by atoms with Crippen molar-refractivity contribution in [2.75, 3.05) is 0 Å². The number of rotatable bonds is 10. The Morgan fingerprint density at radius 1 is 1.00 bits per heavy atom. The maximum absolute atomic E-state index is 11.4. The number of hydrogen-bond acceptors (Lipinski definition) is 2. The lowest BCUT2D eigenvalue weighted by Gasteiger charge is -2.00. The highest BCUT2D eigenvalue weighted by Crippen LogP contribution is 2.09. The molecule has 0 aliphatic heterocycles. The van der Waals surface area contributed by atoms with Gasteiger partial charge in [-0.15, -0.1) is 0 Å². The van der Waals surface area contributed by atoms with Crippen LogP contribution in [0.4, 0.5) is 0 Å². The van der Waals surface area contributed by atoms with Crippen LogP contribution in [0.3, 0.4) is 0 Å². The van der Waals surface area contributed by atoms with Gasteiger partial charge in [-0.3, -0.25) is 9.59 Å².